The van der Waals surface area contributed by atoms with Crippen molar-refractivity contribution >= 4 is 13.2 Å². The molecule has 0 spiro atoms. The first-order chi connectivity index (χ1) is 6.31. The highest BCUT2D eigenvalue weighted by molar-refractivity contribution is 7.72. The van der Waals surface area contributed by atoms with Gasteiger partial charge in [0.1, 0.15) is 6.10 Å². The topological polar surface area (TPSA) is 29.5 Å². The van der Waals surface area contributed by atoms with Crippen LogP contribution in [0.4, 0.5) is 4.39 Å². The van der Waals surface area contributed by atoms with E-state index in [1.165, 1.54) is 0 Å². The molecule has 0 aromatic rings. The number of halogens is 1. The predicted octanol–water partition coefficient (Wildman–Crippen LogP) is 1.57. The minimum absolute atomic E-state index is 0.332. The molecule has 0 aromatic carbocycles. The van der Waals surface area contributed by atoms with E-state index in [0.717, 1.165) is 12.6 Å². The summed E-state index contributed by atoms with van der Waals surface area (Å²) in [5, 5.41) is 9.52. The van der Waals surface area contributed by atoms with Gasteiger partial charge >= 0.3 is 0 Å². The fourth-order valence-corrected chi connectivity index (χ4v) is 2.58. The van der Waals surface area contributed by atoms with Crippen molar-refractivity contribution in [2.45, 2.75) is 37.8 Å². The van der Waals surface area contributed by atoms with Crippen LogP contribution in [0.3, 0.4) is 0 Å². The molecule has 1 aliphatic rings. The zero-order valence-corrected chi connectivity index (χ0v) is 10.0. The number of alkyl halides is 1. The van der Waals surface area contributed by atoms with Crippen molar-refractivity contribution in [3.8, 4) is 0 Å². The van der Waals surface area contributed by atoms with Gasteiger partial charge in [-0.25, -0.2) is 4.39 Å². The van der Waals surface area contributed by atoms with Gasteiger partial charge in [0.2, 0.25) is 0 Å². The van der Waals surface area contributed by atoms with Crippen molar-refractivity contribution in [1.29, 1.82) is 0 Å². The highest BCUT2D eigenvalue weighted by Crippen LogP contribution is 2.38. The molecule has 2 nitrogen and oxygen atoms in total. The number of hydrogen-bond donors (Lipinski definition) is 1. The van der Waals surface area contributed by atoms with Gasteiger partial charge in [0.15, 0.2) is 6.17 Å². The van der Waals surface area contributed by atoms with Crippen LogP contribution < -0.4 is 0 Å². The average Bonchev–Trinajstić information content (AvgIpc) is 2.28. The normalized spacial score (nSPS) is 38.9. The zero-order valence-electron chi connectivity index (χ0n) is 9.11. The molecule has 1 saturated heterocycles. The second kappa shape index (κ2) is 4.34. The van der Waals surface area contributed by atoms with Crippen LogP contribution in [0.2, 0.25) is 0 Å². The first kappa shape index (κ1) is 12.2. The van der Waals surface area contributed by atoms with Crippen molar-refractivity contribution in [2.75, 3.05) is 19.5 Å². The Morgan fingerprint density at radius 1 is 1.50 bits per heavy atom. The molecule has 14 heavy (non-hydrogen) atoms. The van der Waals surface area contributed by atoms with E-state index in [9.17, 15) is 9.50 Å². The van der Waals surface area contributed by atoms with Crippen molar-refractivity contribution in [2.24, 2.45) is 0 Å². The fraction of sp³-hybridized carbons (Fsp3) is 0.900. The molecule has 0 aromatic heterocycles. The van der Waals surface area contributed by atoms with E-state index in [1.807, 2.05) is 0 Å². The summed E-state index contributed by atoms with van der Waals surface area (Å²) >= 11 is 0. The van der Waals surface area contributed by atoms with E-state index in [4.69, 9.17) is 4.74 Å². The summed E-state index contributed by atoms with van der Waals surface area (Å²) in [5.74, 6) is 0. The van der Waals surface area contributed by atoms with Crippen molar-refractivity contribution in [1.82, 2.24) is 0 Å². The maximum Gasteiger partial charge on any atom is 0.154 e. The minimum Gasteiger partial charge on any atom is -0.387 e. The zero-order chi connectivity index (χ0) is 10.9. The molecule has 1 N–H and O–H groups in total. The Hall–Kier alpha value is 0.150. The quantitative estimate of drug-likeness (QED) is 0.734. The van der Waals surface area contributed by atoms with Gasteiger partial charge in [-0.2, -0.15) is 0 Å². The molecule has 1 heterocycles. The standard InChI is InChI=1S/C10H20FO2P/c1-7-9(11)10(12)8(13-7)5-6-14(2,3)4/h7-10,12H,2,5-6H2,1,3-4H3/t7?,8?,9-,10+/m0/s1. The van der Waals surface area contributed by atoms with E-state index in [-0.39, 0.29) is 6.10 Å². The third-order valence-corrected chi connectivity index (χ3v) is 4.03. The summed E-state index contributed by atoms with van der Waals surface area (Å²) in [6.07, 6.45) is 2.75. The summed E-state index contributed by atoms with van der Waals surface area (Å²) in [6.45, 7) is 4.83. The van der Waals surface area contributed by atoms with Crippen molar-refractivity contribution in [3.63, 3.8) is 0 Å². The monoisotopic (exact) mass is 222 g/mol. The molecule has 2 unspecified atom stereocenters. The largest absolute Gasteiger partial charge is 0.387 e. The van der Waals surface area contributed by atoms with E-state index in [0.29, 0.717) is 0 Å². The fourth-order valence-electron chi connectivity index (χ4n) is 1.63. The van der Waals surface area contributed by atoms with Gasteiger partial charge in [-0.3, -0.25) is 0 Å². The Morgan fingerprint density at radius 3 is 2.43 bits per heavy atom. The van der Waals surface area contributed by atoms with Crippen LogP contribution >= 0.6 is 6.89 Å². The van der Waals surface area contributed by atoms with Crippen LogP contribution in [-0.4, -0.2) is 55.4 Å². The highest BCUT2D eigenvalue weighted by atomic mass is 31.2. The van der Waals surface area contributed by atoms with Crippen molar-refractivity contribution in [3.05, 3.63) is 0 Å². The number of aliphatic hydroxyl groups excluding tert-OH is 1. The third kappa shape index (κ3) is 3.08. The molecule has 0 amide bonds. The Kier molecular flexibility index (Phi) is 3.79. The first-order valence-electron chi connectivity index (χ1n) is 4.96. The summed E-state index contributed by atoms with van der Waals surface area (Å²) in [5.41, 5.74) is 0. The smallest absolute Gasteiger partial charge is 0.154 e. The molecular formula is C10H20FO2P. The second-order valence-corrected chi connectivity index (χ2v) is 9.08. The maximum absolute atomic E-state index is 13.2. The molecule has 84 valence electrons. The number of ether oxygens (including phenoxy) is 1. The van der Waals surface area contributed by atoms with Crippen LogP contribution in [0, 0.1) is 0 Å². The van der Waals surface area contributed by atoms with Gasteiger partial charge in [-0.05, 0) is 32.8 Å². The summed E-state index contributed by atoms with van der Waals surface area (Å²) in [6, 6.07) is 0. The molecule has 1 rings (SSSR count). The minimum atomic E-state index is -1.23. The number of aliphatic hydroxyl groups is 1. The first-order valence-corrected chi connectivity index (χ1v) is 8.01. The summed E-state index contributed by atoms with van der Waals surface area (Å²) < 4.78 is 18.5. The number of rotatable bonds is 3. The lowest BCUT2D eigenvalue weighted by Gasteiger charge is -2.18. The van der Waals surface area contributed by atoms with Crippen LogP contribution in [0.1, 0.15) is 13.3 Å². The van der Waals surface area contributed by atoms with E-state index >= 15 is 0 Å². The van der Waals surface area contributed by atoms with Crippen molar-refractivity contribution < 1.29 is 14.2 Å². The lowest BCUT2D eigenvalue weighted by atomic mass is 10.1. The van der Waals surface area contributed by atoms with Gasteiger partial charge in [-0.1, -0.05) is 0 Å². The van der Waals surface area contributed by atoms with Gasteiger partial charge in [0.05, 0.1) is 12.2 Å². The second-order valence-electron chi connectivity index (χ2n) is 4.76. The third-order valence-electron chi connectivity index (χ3n) is 2.56. The lowest BCUT2D eigenvalue weighted by Crippen LogP contribution is -2.28. The van der Waals surface area contributed by atoms with Crippen LogP contribution in [0.5, 0.6) is 0 Å². The Bertz CT molecular complexity index is 238. The summed E-state index contributed by atoms with van der Waals surface area (Å²) in [7, 11) is 0. The summed E-state index contributed by atoms with van der Waals surface area (Å²) in [4.78, 5) is 0. The van der Waals surface area contributed by atoms with E-state index in [2.05, 4.69) is 19.6 Å². The molecule has 0 bridgehead atoms. The van der Waals surface area contributed by atoms with Crippen LogP contribution in [-0.2, 0) is 4.74 Å². The number of hydrogen-bond acceptors (Lipinski definition) is 2. The van der Waals surface area contributed by atoms with Gasteiger partial charge < -0.3 is 9.84 Å². The SMILES string of the molecule is C=P(C)(C)CCC1OC(C)[C@H](F)[C@@H]1O. The van der Waals surface area contributed by atoms with Gasteiger partial charge in [0, 0.05) is 0 Å². The molecule has 4 heteroatoms. The molecule has 1 fully saturated rings. The van der Waals surface area contributed by atoms with Crippen LogP contribution in [0.25, 0.3) is 0 Å². The maximum atomic E-state index is 13.2. The Morgan fingerprint density at radius 2 is 2.07 bits per heavy atom. The predicted molar refractivity (Wildman–Crippen MR) is 60.6 cm³/mol. The van der Waals surface area contributed by atoms with Gasteiger partial charge in [0.25, 0.3) is 0 Å². The highest BCUT2D eigenvalue weighted by Gasteiger charge is 2.41. The Balaban J connectivity index is 2.44. The molecular weight excluding hydrogens is 202 g/mol. The van der Waals surface area contributed by atoms with E-state index < -0.39 is 25.3 Å². The van der Waals surface area contributed by atoms with E-state index in [1.54, 1.807) is 6.92 Å². The van der Waals surface area contributed by atoms with Crippen LogP contribution in [0.15, 0.2) is 0 Å². The lowest BCUT2D eigenvalue weighted by molar-refractivity contribution is 0.0150. The molecule has 0 radical (unpaired) electrons. The Labute approximate surface area is 85.4 Å². The molecule has 4 atom stereocenters. The molecule has 0 saturated carbocycles. The molecule has 1 aliphatic heterocycles. The average molecular weight is 222 g/mol. The molecule has 0 aliphatic carbocycles. The van der Waals surface area contributed by atoms with Gasteiger partial charge in [-0.15, -0.1) is 13.2 Å².